The van der Waals surface area contributed by atoms with E-state index in [1.54, 1.807) is 4.68 Å². The minimum atomic E-state index is -0.00881. The second-order valence-corrected chi connectivity index (χ2v) is 3.84. The van der Waals surface area contributed by atoms with Gasteiger partial charge in [0.1, 0.15) is 0 Å². The highest BCUT2D eigenvalue weighted by molar-refractivity contribution is 5.76. The maximum atomic E-state index is 11.5. The molecule has 1 unspecified atom stereocenters. The Hall–Kier alpha value is -1.56. The molecule has 88 valence electrons. The zero-order valence-corrected chi connectivity index (χ0v) is 8.93. The summed E-state index contributed by atoms with van der Waals surface area (Å²) in [5.41, 5.74) is 0. The Bertz CT molecular complexity index is 358. The third-order valence-corrected chi connectivity index (χ3v) is 2.48. The van der Waals surface area contributed by atoms with Crippen molar-refractivity contribution >= 4 is 5.91 Å². The highest BCUT2D eigenvalue weighted by Gasteiger charge is 2.17. The fraction of sp³-hybridized carbons (Fsp3) is 0.600. The van der Waals surface area contributed by atoms with Crippen molar-refractivity contribution in [3.63, 3.8) is 0 Å². The van der Waals surface area contributed by atoms with Crippen LogP contribution in [0, 0.1) is 0 Å². The lowest BCUT2D eigenvalue weighted by atomic mass is 10.2. The van der Waals surface area contributed by atoms with Gasteiger partial charge in [0.2, 0.25) is 5.91 Å². The Balaban J connectivity index is 1.71. The molecule has 0 aromatic carbocycles. The van der Waals surface area contributed by atoms with E-state index in [-0.39, 0.29) is 17.7 Å². The lowest BCUT2D eigenvalue weighted by Crippen LogP contribution is -2.35. The molecule has 1 aliphatic heterocycles. The van der Waals surface area contributed by atoms with Crippen LogP contribution in [0.2, 0.25) is 0 Å². The Morgan fingerprint density at radius 2 is 2.62 bits per heavy atom. The number of carbonyl (C=O) groups excluding carboxylic acids is 1. The fourth-order valence-corrected chi connectivity index (χ4v) is 1.64. The van der Waals surface area contributed by atoms with Crippen molar-refractivity contribution in [2.24, 2.45) is 0 Å². The van der Waals surface area contributed by atoms with Gasteiger partial charge in [-0.2, -0.15) is 5.10 Å². The van der Waals surface area contributed by atoms with Gasteiger partial charge in [-0.15, -0.1) is 0 Å². The lowest BCUT2D eigenvalue weighted by Gasteiger charge is -2.10. The van der Waals surface area contributed by atoms with Crippen molar-refractivity contribution in [3.05, 3.63) is 12.4 Å². The summed E-state index contributed by atoms with van der Waals surface area (Å²) in [5, 5.41) is 15.8. The fourth-order valence-electron chi connectivity index (χ4n) is 1.64. The van der Waals surface area contributed by atoms with E-state index in [1.807, 2.05) is 0 Å². The van der Waals surface area contributed by atoms with E-state index in [0.29, 0.717) is 19.6 Å². The molecule has 2 rings (SSSR count). The summed E-state index contributed by atoms with van der Waals surface area (Å²) in [6, 6.07) is 0.151. The summed E-state index contributed by atoms with van der Waals surface area (Å²) in [7, 11) is 0. The molecule has 6 heteroatoms. The number of nitrogens with zero attached hydrogens (tertiary/aromatic N) is 2. The highest BCUT2D eigenvalue weighted by atomic mass is 16.5. The standard InChI is InChI=1S/C10H15N3O3/c14-9-5-11-13(6-9)3-1-10(15)12-8-2-4-16-7-8/h5-6,8,14H,1-4,7H2,(H,12,15). The molecule has 2 heterocycles. The highest BCUT2D eigenvalue weighted by Crippen LogP contribution is 2.06. The number of aromatic nitrogens is 2. The van der Waals surface area contributed by atoms with Gasteiger partial charge in [-0.05, 0) is 6.42 Å². The molecule has 1 aromatic rings. The minimum Gasteiger partial charge on any atom is -0.505 e. The lowest BCUT2D eigenvalue weighted by molar-refractivity contribution is -0.122. The van der Waals surface area contributed by atoms with Gasteiger partial charge in [0.05, 0.1) is 25.0 Å². The first-order valence-electron chi connectivity index (χ1n) is 5.32. The monoisotopic (exact) mass is 225 g/mol. The third kappa shape index (κ3) is 2.96. The van der Waals surface area contributed by atoms with E-state index in [2.05, 4.69) is 10.4 Å². The molecule has 0 saturated carbocycles. The van der Waals surface area contributed by atoms with Gasteiger partial charge in [-0.1, -0.05) is 0 Å². The van der Waals surface area contributed by atoms with Crippen LogP contribution in [0.3, 0.4) is 0 Å². The zero-order valence-electron chi connectivity index (χ0n) is 8.93. The summed E-state index contributed by atoms with van der Waals surface area (Å²) < 4.78 is 6.70. The molecule has 16 heavy (non-hydrogen) atoms. The Kier molecular flexibility index (Phi) is 3.40. The number of hydrogen-bond donors (Lipinski definition) is 2. The first-order valence-corrected chi connectivity index (χ1v) is 5.32. The summed E-state index contributed by atoms with van der Waals surface area (Å²) in [6.07, 6.45) is 4.08. The largest absolute Gasteiger partial charge is 0.505 e. The number of carbonyl (C=O) groups is 1. The number of ether oxygens (including phenoxy) is 1. The molecule has 1 aromatic heterocycles. The van der Waals surface area contributed by atoms with Crippen LogP contribution >= 0.6 is 0 Å². The Labute approximate surface area is 93.2 Å². The normalized spacial score (nSPS) is 19.9. The van der Waals surface area contributed by atoms with Gasteiger partial charge in [0.15, 0.2) is 5.75 Å². The number of aryl methyl sites for hydroxylation is 1. The molecular weight excluding hydrogens is 210 g/mol. The first kappa shape index (κ1) is 10.9. The molecule has 0 spiro atoms. The topological polar surface area (TPSA) is 76.4 Å². The second-order valence-electron chi connectivity index (χ2n) is 3.84. The predicted octanol–water partition coefficient (Wildman–Crippen LogP) is -0.116. The molecule has 0 aliphatic carbocycles. The van der Waals surface area contributed by atoms with Crippen LogP contribution in [0.25, 0.3) is 0 Å². The van der Waals surface area contributed by atoms with Gasteiger partial charge >= 0.3 is 0 Å². The van der Waals surface area contributed by atoms with Crippen LogP contribution in [0.1, 0.15) is 12.8 Å². The van der Waals surface area contributed by atoms with E-state index in [4.69, 9.17) is 9.84 Å². The average Bonchev–Trinajstić information content (AvgIpc) is 2.87. The van der Waals surface area contributed by atoms with Gasteiger partial charge in [0.25, 0.3) is 0 Å². The van der Waals surface area contributed by atoms with Gasteiger partial charge < -0.3 is 15.2 Å². The molecule has 1 saturated heterocycles. The van der Waals surface area contributed by atoms with Crippen LogP contribution < -0.4 is 5.32 Å². The number of aromatic hydroxyl groups is 1. The van der Waals surface area contributed by atoms with Crippen LogP contribution in [-0.4, -0.2) is 40.0 Å². The van der Waals surface area contributed by atoms with Crippen LogP contribution in [-0.2, 0) is 16.1 Å². The Morgan fingerprint density at radius 1 is 1.75 bits per heavy atom. The van der Waals surface area contributed by atoms with Crippen molar-refractivity contribution in [1.29, 1.82) is 0 Å². The van der Waals surface area contributed by atoms with E-state index in [9.17, 15) is 4.79 Å². The maximum absolute atomic E-state index is 11.5. The summed E-state index contributed by atoms with van der Waals surface area (Å²) in [6.45, 7) is 1.80. The molecule has 0 radical (unpaired) electrons. The van der Waals surface area contributed by atoms with Crippen molar-refractivity contribution in [2.75, 3.05) is 13.2 Å². The van der Waals surface area contributed by atoms with E-state index in [0.717, 1.165) is 13.0 Å². The second kappa shape index (κ2) is 4.98. The van der Waals surface area contributed by atoms with Crippen LogP contribution in [0.4, 0.5) is 0 Å². The molecule has 1 aliphatic rings. The predicted molar refractivity (Wildman–Crippen MR) is 55.9 cm³/mol. The SMILES string of the molecule is O=C(CCn1cc(O)cn1)NC1CCOC1. The number of hydrogen-bond acceptors (Lipinski definition) is 4. The van der Waals surface area contributed by atoms with Gasteiger partial charge in [0, 0.05) is 19.6 Å². The average molecular weight is 225 g/mol. The summed E-state index contributed by atoms with van der Waals surface area (Å²) in [5.74, 6) is 0.107. The minimum absolute atomic E-state index is 0.00881. The molecule has 6 nitrogen and oxygen atoms in total. The number of nitrogens with one attached hydrogen (secondary N) is 1. The van der Waals surface area contributed by atoms with Crippen molar-refractivity contribution in [2.45, 2.75) is 25.4 Å². The molecule has 0 bridgehead atoms. The van der Waals surface area contributed by atoms with Crippen molar-refractivity contribution in [3.8, 4) is 5.75 Å². The van der Waals surface area contributed by atoms with E-state index < -0.39 is 0 Å². The summed E-state index contributed by atoms with van der Waals surface area (Å²) >= 11 is 0. The van der Waals surface area contributed by atoms with Gasteiger partial charge in [-0.25, -0.2) is 0 Å². The van der Waals surface area contributed by atoms with Gasteiger partial charge in [-0.3, -0.25) is 9.48 Å². The van der Waals surface area contributed by atoms with E-state index in [1.165, 1.54) is 12.4 Å². The zero-order chi connectivity index (χ0) is 11.4. The molecule has 1 amide bonds. The Morgan fingerprint density at radius 3 is 3.25 bits per heavy atom. The summed E-state index contributed by atoms with van der Waals surface area (Å²) in [4.78, 5) is 11.5. The molecule has 2 N–H and O–H groups in total. The van der Waals surface area contributed by atoms with Crippen LogP contribution in [0.5, 0.6) is 5.75 Å². The number of amides is 1. The smallest absolute Gasteiger partial charge is 0.222 e. The third-order valence-electron chi connectivity index (χ3n) is 2.48. The van der Waals surface area contributed by atoms with E-state index >= 15 is 0 Å². The van der Waals surface area contributed by atoms with Crippen LogP contribution in [0.15, 0.2) is 12.4 Å². The molecule has 1 atom stereocenters. The molecular formula is C10H15N3O3. The number of rotatable bonds is 4. The molecule has 1 fully saturated rings. The van der Waals surface area contributed by atoms with Crippen molar-refractivity contribution < 1.29 is 14.6 Å². The maximum Gasteiger partial charge on any atom is 0.222 e. The first-order chi connectivity index (χ1) is 7.74. The van der Waals surface area contributed by atoms with Crippen molar-refractivity contribution in [1.82, 2.24) is 15.1 Å². The quantitative estimate of drug-likeness (QED) is 0.749.